The minimum Gasteiger partial charge on any atom is -0.313 e. The van der Waals surface area contributed by atoms with Crippen LogP contribution in [0.4, 0.5) is 0 Å². The van der Waals surface area contributed by atoms with Gasteiger partial charge in [0, 0.05) is 18.3 Å². The van der Waals surface area contributed by atoms with Crippen molar-refractivity contribution in [3.8, 4) is 0 Å². The molecule has 0 aliphatic heterocycles. The third-order valence-electron chi connectivity index (χ3n) is 5.30. The van der Waals surface area contributed by atoms with E-state index >= 15 is 0 Å². The van der Waals surface area contributed by atoms with Crippen LogP contribution in [-0.2, 0) is 10.4 Å². The van der Waals surface area contributed by atoms with Crippen LogP contribution in [0, 0.1) is 16.7 Å². The van der Waals surface area contributed by atoms with E-state index in [1.165, 1.54) is 19.3 Å². The summed E-state index contributed by atoms with van der Waals surface area (Å²) >= 11 is 4.27. The molecule has 0 spiro atoms. The second kappa shape index (κ2) is 5.89. The lowest BCUT2D eigenvalue weighted by molar-refractivity contribution is 0.122. The molecule has 0 aromatic carbocycles. The summed E-state index contributed by atoms with van der Waals surface area (Å²) in [5.74, 6) is 1.91. The van der Waals surface area contributed by atoms with Gasteiger partial charge in [-0.25, -0.2) is 0 Å². The number of fused-ring (bicyclic) bond motifs is 2. The molecule has 3 N–H and O–H groups in total. The lowest BCUT2D eigenvalue weighted by atomic mass is 9.69. The molecular formula is C12H25NO4S2. The van der Waals surface area contributed by atoms with E-state index in [0.29, 0.717) is 10.8 Å². The van der Waals surface area contributed by atoms with Gasteiger partial charge in [0.1, 0.15) is 0 Å². The van der Waals surface area contributed by atoms with Gasteiger partial charge in [-0.2, -0.15) is 21.0 Å². The minimum absolute atomic E-state index is 0.528. The fraction of sp³-hybridized carbons (Fsp3) is 1.00. The zero-order valence-electron chi connectivity index (χ0n) is 11.8. The summed E-state index contributed by atoms with van der Waals surface area (Å²) in [6.45, 7) is 8.47. The third kappa shape index (κ3) is 3.85. The highest BCUT2D eigenvalue weighted by Crippen LogP contribution is 2.65. The maximum atomic E-state index is 8.74. The molecule has 2 rings (SSSR count). The van der Waals surface area contributed by atoms with E-state index in [4.69, 9.17) is 17.5 Å². The van der Waals surface area contributed by atoms with E-state index in [0.717, 1.165) is 24.3 Å². The Hall–Kier alpha value is 0.180. The molecule has 0 aromatic heterocycles. The van der Waals surface area contributed by atoms with Crippen LogP contribution in [0.1, 0.15) is 40.0 Å². The second-order valence-corrected chi connectivity index (χ2v) is 7.63. The second-order valence-electron chi connectivity index (χ2n) is 6.29. The van der Waals surface area contributed by atoms with Gasteiger partial charge in [0.05, 0.1) is 0 Å². The summed E-state index contributed by atoms with van der Waals surface area (Å²) in [6, 6.07) is 0.739. The van der Waals surface area contributed by atoms with Gasteiger partial charge in [0.15, 0.2) is 0 Å². The summed E-state index contributed by atoms with van der Waals surface area (Å²) in [5.41, 5.74) is 1.07. The number of hydrogen-bond acceptors (Lipinski definition) is 4. The molecule has 2 bridgehead atoms. The van der Waals surface area contributed by atoms with E-state index in [-0.39, 0.29) is 0 Å². The van der Waals surface area contributed by atoms with Crippen molar-refractivity contribution < 1.29 is 17.5 Å². The Morgan fingerprint density at radius 1 is 1.32 bits per heavy atom. The van der Waals surface area contributed by atoms with Crippen molar-refractivity contribution in [3.05, 3.63) is 0 Å². The Morgan fingerprint density at radius 3 is 2.16 bits per heavy atom. The zero-order valence-corrected chi connectivity index (χ0v) is 13.5. The molecule has 0 amide bonds. The molecule has 0 radical (unpaired) electrons. The van der Waals surface area contributed by atoms with Crippen molar-refractivity contribution in [3.63, 3.8) is 0 Å². The molecule has 0 saturated heterocycles. The van der Waals surface area contributed by atoms with Crippen LogP contribution < -0.4 is 5.32 Å². The normalized spacial score (nSPS) is 35.9. The monoisotopic (exact) mass is 311 g/mol. The van der Waals surface area contributed by atoms with Crippen molar-refractivity contribution in [2.24, 2.45) is 16.7 Å². The summed E-state index contributed by atoms with van der Waals surface area (Å²) in [4.78, 5) is 0. The van der Waals surface area contributed by atoms with Crippen LogP contribution in [0.3, 0.4) is 0 Å². The number of rotatable bonds is 3. The van der Waals surface area contributed by atoms with Gasteiger partial charge in [0.25, 0.3) is 0 Å². The molecule has 19 heavy (non-hydrogen) atoms. The van der Waals surface area contributed by atoms with Gasteiger partial charge in [-0.15, -0.1) is 0 Å². The predicted octanol–water partition coefficient (Wildman–Crippen LogP) is 2.07. The SMILES string of the molecule is CC1(C)C2CCC1(C)C(NCCS)C2.O=S(=O)(O)O. The van der Waals surface area contributed by atoms with Crippen molar-refractivity contribution in [2.45, 2.75) is 46.1 Å². The molecule has 7 heteroatoms. The standard InChI is InChI=1S/C12H23NS.H2O4S/c1-11(2)9-4-5-12(11,3)10(8-9)13-6-7-14;1-5(2,3)4/h9-10,13-14H,4-8H2,1-3H3;(H2,1,2,3,4). The average molecular weight is 311 g/mol. The van der Waals surface area contributed by atoms with Crippen molar-refractivity contribution in [1.29, 1.82) is 0 Å². The Labute approximate surface area is 121 Å². The Kier molecular flexibility index (Phi) is 5.34. The topological polar surface area (TPSA) is 86.6 Å². The summed E-state index contributed by atoms with van der Waals surface area (Å²) in [6.07, 6.45) is 4.24. The van der Waals surface area contributed by atoms with Gasteiger partial charge >= 0.3 is 10.4 Å². The Morgan fingerprint density at radius 2 is 1.84 bits per heavy atom. The van der Waals surface area contributed by atoms with Crippen molar-refractivity contribution >= 4 is 23.0 Å². The van der Waals surface area contributed by atoms with Gasteiger partial charge in [-0.05, 0) is 36.0 Å². The van der Waals surface area contributed by atoms with Crippen molar-refractivity contribution in [2.75, 3.05) is 12.3 Å². The smallest absolute Gasteiger partial charge is 0.313 e. The first kappa shape index (κ1) is 17.2. The van der Waals surface area contributed by atoms with Gasteiger partial charge < -0.3 is 5.32 Å². The highest BCUT2D eigenvalue weighted by atomic mass is 32.3. The summed E-state index contributed by atoms with van der Waals surface area (Å²) < 4.78 is 31.6. The molecule has 3 atom stereocenters. The van der Waals surface area contributed by atoms with Crippen LogP contribution in [-0.4, -0.2) is 35.9 Å². The van der Waals surface area contributed by atoms with Crippen LogP contribution in [0.2, 0.25) is 0 Å². The van der Waals surface area contributed by atoms with Crippen LogP contribution in [0.25, 0.3) is 0 Å². The van der Waals surface area contributed by atoms with Gasteiger partial charge in [0.2, 0.25) is 0 Å². The quantitative estimate of drug-likeness (QED) is 0.473. The van der Waals surface area contributed by atoms with Crippen LogP contribution >= 0.6 is 12.6 Å². The first-order chi connectivity index (χ1) is 8.52. The lowest BCUT2D eigenvalue weighted by Gasteiger charge is -2.39. The molecule has 0 heterocycles. The van der Waals surface area contributed by atoms with Crippen LogP contribution in [0.15, 0.2) is 0 Å². The first-order valence-electron chi connectivity index (χ1n) is 6.56. The van der Waals surface area contributed by atoms with E-state index in [2.05, 4.69) is 38.7 Å². The fourth-order valence-electron chi connectivity index (χ4n) is 3.75. The largest absolute Gasteiger partial charge is 0.394 e. The third-order valence-corrected chi connectivity index (χ3v) is 5.52. The average Bonchev–Trinajstić information content (AvgIpc) is 2.56. The number of nitrogens with one attached hydrogen (secondary N) is 1. The molecular weight excluding hydrogens is 286 g/mol. The maximum Gasteiger partial charge on any atom is 0.394 e. The molecule has 3 unspecified atom stereocenters. The summed E-state index contributed by atoms with van der Waals surface area (Å²) in [7, 11) is -4.67. The van der Waals surface area contributed by atoms with Gasteiger partial charge in [-0.3, -0.25) is 9.11 Å². The zero-order chi connectivity index (χ0) is 14.9. The molecule has 2 aliphatic rings. The first-order valence-corrected chi connectivity index (χ1v) is 8.59. The number of thiol groups is 1. The fourth-order valence-corrected chi connectivity index (χ4v) is 3.88. The molecule has 0 aromatic rings. The molecule has 5 nitrogen and oxygen atoms in total. The van der Waals surface area contributed by atoms with Crippen molar-refractivity contribution in [1.82, 2.24) is 5.32 Å². The lowest BCUT2D eigenvalue weighted by Crippen LogP contribution is -2.45. The van der Waals surface area contributed by atoms with E-state index in [9.17, 15) is 0 Å². The highest BCUT2D eigenvalue weighted by molar-refractivity contribution is 7.80. The molecule has 2 saturated carbocycles. The molecule has 114 valence electrons. The Bertz CT molecular complexity index is 402. The van der Waals surface area contributed by atoms with E-state index in [1.807, 2.05) is 0 Å². The van der Waals surface area contributed by atoms with E-state index < -0.39 is 10.4 Å². The summed E-state index contributed by atoms with van der Waals surface area (Å²) in [5, 5.41) is 3.68. The highest BCUT2D eigenvalue weighted by Gasteiger charge is 2.60. The maximum absolute atomic E-state index is 8.74. The minimum atomic E-state index is -4.67. The van der Waals surface area contributed by atoms with Crippen LogP contribution in [0.5, 0.6) is 0 Å². The predicted molar refractivity (Wildman–Crippen MR) is 79.1 cm³/mol. The Balaban J connectivity index is 0.000000312. The molecule has 2 fully saturated rings. The van der Waals surface area contributed by atoms with E-state index in [1.54, 1.807) is 0 Å². The number of hydrogen-bond donors (Lipinski definition) is 4. The molecule has 2 aliphatic carbocycles. The van der Waals surface area contributed by atoms with Gasteiger partial charge in [-0.1, -0.05) is 20.8 Å².